The average molecular weight is 540 g/mol. The van der Waals surface area contributed by atoms with Gasteiger partial charge >= 0.3 is 0 Å². The number of benzene rings is 2. The highest BCUT2D eigenvalue weighted by Gasteiger charge is 2.24. The minimum Gasteiger partial charge on any atom is -0.493 e. The minimum atomic E-state index is -0.402. The van der Waals surface area contributed by atoms with Gasteiger partial charge in [-0.2, -0.15) is 5.26 Å². The molecule has 0 spiro atoms. The van der Waals surface area contributed by atoms with E-state index in [4.69, 9.17) is 9.47 Å². The number of nitriles is 1. The van der Waals surface area contributed by atoms with Crippen molar-refractivity contribution in [3.8, 4) is 17.5 Å². The Labute approximate surface area is 208 Å². The Morgan fingerprint density at radius 1 is 1.24 bits per heavy atom. The van der Waals surface area contributed by atoms with Crippen LogP contribution in [0.4, 0.5) is 0 Å². The van der Waals surface area contributed by atoms with Gasteiger partial charge in [-0.05, 0) is 43.3 Å². The molecule has 1 fully saturated rings. The number of thiazole rings is 1. The maximum atomic E-state index is 13.6. The van der Waals surface area contributed by atoms with E-state index in [2.05, 4.69) is 22.0 Å². The molecule has 34 heavy (non-hydrogen) atoms. The van der Waals surface area contributed by atoms with E-state index in [9.17, 15) is 14.9 Å². The van der Waals surface area contributed by atoms with E-state index in [1.807, 2.05) is 43.3 Å². The van der Waals surface area contributed by atoms with Crippen LogP contribution in [-0.4, -0.2) is 48.3 Å². The molecule has 7 nitrogen and oxygen atoms in total. The molecule has 0 aliphatic carbocycles. The lowest BCUT2D eigenvalue weighted by Gasteiger charge is -2.26. The molecule has 3 aromatic rings. The summed E-state index contributed by atoms with van der Waals surface area (Å²) >= 11 is 4.59. The monoisotopic (exact) mass is 539 g/mol. The van der Waals surface area contributed by atoms with Crippen LogP contribution in [0.5, 0.6) is 5.75 Å². The third-order valence-electron chi connectivity index (χ3n) is 5.23. The van der Waals surface area contributed by atoms with Gasteiger partial charge in [0, 0.05) is 23.1 Å². The summed E-state index contributed by atoms with van der Waals surface area (Å²) in [5.74, 6) is 0.237. The first kappa shape index (κ1) is 24.0. The van der Waals surface area contributed by atoms with Crippen LogP contribution < -0.4 is 19.5 Å². The second kappa shape index (κ2) is 10.8. The molecule has 0 saturated carbocycles. The number of halogens is 1. The van der Waals surface area contributed by atoms with E-state index < -0.39 is 5.91 Å². The van der Waals surface area contributed by atoms with Gasteiger partial charge < -0.3 is 14.4 Å². The Morgan fingerprint density at radius 3 is 2.65 bits per heavy atom. The molecule has 9 heteroatoms. The third kappa shape index (κ3) is 4.99. The normalized spacial score (nSPS) is 15.1. The van der Waals surface area contributed by atoms with Crippen molar-refractivity contribution in [2.45, 2.75) is 6.92 Å². The van der Waals surface area contributed by atoms with Crippen molar-refractivity contribution >= 4 is 44.8 Å². The summed E-state index contributed by atoms with van der Waals surface area (Å²) in [6, 6.07) is 16.6. The summed E-state index contributed by atoms with van der Waals surface area (Å²) in [7, 11) is 0. The molecule has 1 amide bonds. The van der Waals surface area contributed by atoms with Gasteiger partial charge in [-0.15, -0.1) is 11.3 Å². The Bertz CT molecular complexity index is 1420. The molecular formula is C25H22BrN3O4S. The minimum absolute atomic E-state index is 0.0632. The summed E-state index contributed by atoms with van der Waals surface area (Å²) in [4.78, 5) is 28.4. The summed E-state index contributed by atoms with van der Waals surface area (Å²) in [6.07, 6.45) is 1.74. The number of aromatic nitrogens is 1. The van der Waals surface area contributed by atoms with Gasteiger partial charge in [0.1, 0.15) is 16.5 Å². The molecule has 1 aromatic heterocycles. The number of hydrogen-bond donors (Lipinski definition) is 0. The molecule has 2 aromatic carbocycles. The zero-order valence-electron chi connectivity index (χ0n) is 18.5. The van der Waals surface area contributed by atoms with Crippen LogP contribution in [0.1, 0.15) is 12.5 Å². The molecule has 1 aliphatic rings. The van der Waals surface area contributed by atoms with Gasteiger partial charge in [-0.3, -0.25) is 14.2 Å². The van der Waals surface area contributed by atoms with E-state index in [0.717, 1.165) is 21.4 Å². The molecule has 0 radical (unpaired) electrons. The molecule has 1 saturated heterocycles. The SMILES string of the molecule is CCOc1ccc(Br)cc1/C=c1/s/c(=C(\C#N)C(=O)N2CCOCC2)n(-c2ccccc2)c1=O. The second-order valence-electron chi connectivity index (χ2n) is 7.40. The van der Waals surface area contributed by atoms with Crippen molar-refractivity contribution in [2.75, 3.05) is 32.9 Å². The van der Waals surface area contributed by atoms with E-state index in [-0.39, 0.29) is 11.1 Å². The van der Waals surface area contributed by atoms with Crippen molar-refractivity contribution in [1.29, 1.82) is 5.26 Å². The maximum absolute atomic E-state index is 13.6. The largest absolute Gasteiger partial charge is 0.493 e. The van der Waals surface area contributed by atoms with Crippen LogP contribution in [0.3, 0.4) is 0 Å². The summed E-state index contributed by atoms with van der Waals surface area (Å²) in [6.45, 7) is 4.01. The van der Waals surface area contributed by atoms with E-state index in [1.54, 1.807) is 23.1 Å². The van der Waals surface area contributed by atoms with Gasteiger partial charge in [-0.1, -0.05) is 34.1 Å². The molecule has 0 unspecified atom stereocenters. The number of hydrogen-bond acceptors (Lipinski definition) is 6. The predicted molar refractivity (Wildman–Crippen MR) is 134 cm³/mol. The van der Waals surface area contributed by atoms with Crippen LogP contribution in [0.25, 0.3) is 17.3 Å². The van der Waals surface area contributed by atoms with E-state index in [0.29, 0.717) is 53.5 Å². The quantitative estimate of drug-likeness (QED) is 0.497. The Kier molecular flexibility index (Phi) is 7.63. The first-order valence-corrected chi connectivity index (χ1v) is 12.4. The number of morpholine rings is 1. The number of ether oxygens (including phenoxy) is 2. The Balaban J connectivity index is 1.99. The van der Waals surface area contributed by atoms with Crippen LogP contribution in [0.15, 0.2) is 57.8 Å². The highest BCUT2D eigenvalue weighted by atomic mass is 79.9. The van der Waals surface area contributed by atoms with Gasteiger partial charge in [0.2, 0.25) is 0 Å². The molecule has 4 rings (SSSR count). The van der Waals surface area contributed by atoms with Crippen LogP contribution in [0.2, 0.25) is 0 Å². The predicted octanol–water partition coefficient (Wildman–Crippen LogP) is 2.42. The Hall–Kier alpha value is -3.19. The fourth-order valence-corrected chi connectivity index (χ4v) is 5.10. The van der Waals surface area contributed by atoms with Crippen molar-refractivity contribution in [3.05, 3.63) is 78.1 Å². The number of rotatable bonds is 5. The number of nitrogens with zero attached hydrogens (tertiary/aromatic N) is 3. The van der Waals surface area contributed by atoms with Crippen molar-refractivity contribution in [3.63, 3.8) is 0 Å². The lowest BCUT2D eigenvalue weighted by atomic mass is 10.2. The Morgan fingerprint density at radius 2 is 1.97 bits per heavy atom. The number of amides is 1. The first-order chi connectivity index (χ1) is 16.5. The van der Waals surface area contributed by atoms with Gasteiger partial charge in [0.25, 0.3) is 11.5 Å². The number of carbonyl (C=O) groups excluding carboxylic acids is 1. The standard InChI is InChI=1S/C25H22BrN3O4S/c1-2-33-21-9-8-18(26)14-17(21)15-22-24(31)29(19-6-4-3-5-7-19)25(34-22)20(16-27)23(30)28-10-12-32-13-11-28/h3-9,14-15H,2,10-13H2,1H3/b22-15+,25-20+. The molecule has 1 aliphatic heterocycles. The van der Waals surface area contributed by atoms with Crippen molar-refractivity contribution < 1.29 is 14.3 Å². The van der Waals surface area contributed by atoms with Crippen LogP contribution in [-0.2, 0) is 9.53 Å². The molecule has 174 valence electrons. The summed E-state index contributed by atoms with van der Waals surface area (Å²) < 4.78 is 14.0. The van der Waals surface area contributed by atoms with Crippen molar-refractivity contribution in [1.82, 2.24) is 9.47 Å². The maximum Gasteiger partial charge on any atom is 0.273 e. The molecular weight excluding hydrogens is 518 g/mol. The van der Waals surface area contributed by atoms with Crippen LogP contribution in [0, 0.1) is 11.3 Å². The van der Waals surface area contributed by atoms with E-state index >= 15 is 0 Å². The smallest absolute Gasteiger partial charge is 0.273 e. The number of carbonyl (C=O) groups is 1. The third-order valence-corrected chi connectivity index (χ3v) is 6.82. The molecule has 2 heterocycles. The van der Waals surface area contributed by atoms with Gasteiger partial charge in [0.15, 0.2) is 5.57 Å². The first-order valence-electron chi connectivity index (χ1n) is 10.8. The molecule has 0 atom stereocenters. The number of para-hydroxylation sites is 1. The fourth-order valence-electron chi connectivity index (χ4n) is 3.63. The van der Waals surface area contributed by atoms with E-state index in [1.165, 1.54) is 4.57 Å². The van der Waals surface area contributed by atoms with Gasteiger partial charge in [-0.25, -0.2) is 0 Å². The lowest BCUT2D eigenvalue weighted by Crippen LogP contribution is -2.42. The van der Waals surface area contributed by atoms with Crippen molar-refractivity contribution in [2.24, 2.45) is 0 Å². The molecule has 0 N–H and O–H groups in total. The highest BCUT2D eigenvalue weighted by molar-refractivity contribution is 9.10. The average Bonchev–Trinajstić information content (AvgIpc) is 3.17. The lowest BCUT2D eigenvalue weighted by molar-refractivity contribution is -0.128. The van der Waals surface area contributed by atoms with Crippen LogP contribution >= 0.6 is 27.3 Å². The zero-order valence-corrected chi connectivity index (χ0v) is 20.9. The summed E-state index contributed by atoms with van der Waals surface area (Å²) in [5.41, 5.74) is 0.933. The molecule has 0 bridgehead atoms. The van der Waals surface area contributed by atoms with Gasteiger partial charge in [0.05, 0.1) is 30.0 Å². The zero-order chi connectivity index (χ0) is 24.1. The highest BCUT2D eigenvalue weighted by Crippen LogP contribution is 2.24. The summed E-state index contributed by atoms with van der Waals surface area (Å²) in [5, 5.41) is 9.98. The topological polar surface area (TPSA) is 84.6 Å². The second-order valence-corrected chi connectivity index (χ2v) is 9.34. The fraction of sp³-hybridized carbons (Fsp3) is 0.240.